The van der Waals surface area contributed by atoms with Crippen LogP contribution in [0.25, 0.3) is 11.1 Å². The molecule has 0 amide bonds. The molecular formula is C23H28O3. The number of benzene rings is 2. The van der Waals surface area contributed by atoms with E-state index in [1.165, 1.54) is 54.4 Å². The van der Waals surface area contributed by atoms with Gasteiger partial charge in [-0.1, -0.05) is 38.3 Å². The molecule has 26 heavy (non-hydrogen) atoms. The number of fused-ring (bicyclic) bond motifs is 2. The lowest BCUT2D eigenvalue weighted by molar-refractivity contribution is 0.174. The zero-order chi connectivity index (χ0) is 17.8. The number of hydrogen-bond donors (Lipinski definition) is 0. The zero-order valence-corrected chi connectivity index (χ0v) is 15.7. The van der Waals surface area contributed by atoms with Gasteiger partial charge in [0.25, 0.3) is 0 Å². The maximum absolute atomic E-state index is 6.17. The Morgan fingerprint density at radius 2 is 1.73 bits per heavy atom. The molecule has 0 unspecified atom stereocenters. The van der Waals surface area contributed by atoms with Gasteiger partial charge in [0, 0.05) is 0 Å². The fourth-order valence-corrected chi connectivity index (χ4v) is 4.02. The Morgan fingerprint density at radius 3 is 2.62 bits per heavy atom. The van der Waals surface area contributed by atoms with Crippen molar-refractivity contribution in [2.45, 2.75) is 58.3 Å². The van der Waals surface area contributed by atoms with Crippen molar-refractivity contribution in [3.63, 3.8) is 0 Å². The summed E-state index contributed by atoms with van der Waals surface area (Å²) in [6.07, 6.45) is 9.73. The van der Waals surface area contributed by atoms with Crippen molar-refractivity contribution in [2.75, 3.05) is 13.4 Å². The molecule has 1 aliphatic carbocycles. The first-order chi connectivity index (χ1) is 12.9. The molecular weight excluding hydrogens is 324 g/mol. The molecule has 1 heterocycles. The van der Waals surface area contributed by atoms with Crippen LogP contribution in [0, 0.1) is 0 Å². The summed E-state index contributed by atoms with van der Waals surface area (Å²) in [5, 5.41) is 0. The lowest BCUT2D eigenvalue weighted by Crippen LogP contribution is -2.09. The van der Waals surface area contributed by atoms with E-state index in [-0.39, 0.29) is 0 Å². The first kappa shape index (κ1) is 17.3. The van der Waals surface area contributed by atoms with E-state index in [0.717, 1.165) is 43.1 Å². The molecule has 138 valence electrons. The summed E-state index contributed by atoms with van der Waals surface area (Å²) in [5.74, 6) is 2.79. The average Bonchev–Trinajstić information content (AvgIpc) is 3.15. The largest absolute Gasteiger partial charge is 0.493 e. The van der Waals surface area contributed by atoms with Crippen molar-refractivity contribution >= 4 is 0 Å². The molecule has 0 spiro atoms. The Bertz CT molecular complexity index is 766. The summed E-state index contributed by atoms with van der Waals surface area (Å²) >= 11 is 0. The molecule has 2 aliphatic rings. The predicted molar refractivity (Wildman–Crippen MR) is 104 cm³/mol. The van der Waals surface area contributed by atoms with E-state index < -0.39 is 0 Å². The van der Waals surface area contributed by atoms with Gasteiger partial charge >= 0.3 is 0 Å². The molecule has 0 atom stereocenters. The van der Waals surface area contributed by atoms with Crippen molar-refractivity contribution < 1.29 is 14.2 Å². The summed E-state index contributed by atoms with van der Waals surface area (Å²) < 4.78 is 17.2. The van der Waals surface area contributed by atoms with Gasteiger partial charge in [-0.2, -0.15) is 0 Å². The zero-order valence-electron chi connectivity index (χ0n) is 15.7. The molecule has 2 aromatic rings. The first-order valence-electron chi connectivity index (χ1n) is 10.0. The Balaban J connectivity index is 1.58. The van der Waals surface area contributed by atoms with E-state index in [0.29, 0.717) is 6.79 Å². The van der Waals surface area contributed by atoms with Gasteiger partial charge in [0.2, 0.25) is 6.79 Å². The first-order valence-corrected chi connectivity index (χ1v) is 10.0. The van der Waals surface area contributed by atoms with E-state index in [1.807, 2.05) is 6.07 Å². The second-order valence-electron chi connectivity index (χ2n) is 7.25. The molecule has 4 rings (SSSR count). The summed E-state index contributed by atoms with van der Waals surface area (Å²) in [6.45, 7) is 3.39. The van der Waals surface area contributed by atoms with Crippen LogP contribution in [0.5, 0.6) is 17.2 Å². The summed E-state index contributed by atoms with van der Waals surface area (Å²) in [7, 11) is 0. The molecule has 3 heteroatoms. The molecule has 2 aromatic carbocycles. The van der Waals surface area contributed by atoms with Crippen LogP contribution in [0.2, 0.25) is 0 Å². The van der Waals surface area contributed by atoms with Gasteiger partial charge in [0.1, 0.15) is 5.75 Å². The van der Waals surface area contributed by atoms with Gasteiger partial charge in [-0.05, 0) is 72.6 Å². The molecule has 0 radical (unpaired) electrons. The third-order valence-corrected chi connectivity index (χ3v) is 5.43. The standard InChI is InChI=1S/C23H28O3/c1-2-3-4-7-14-24-21-13-11-18(19-8-5-6-9-20(19)21)17-10-12-22-23(15-17)26-16-25-22/h10-13,15H,2-9,14,16H2,1H3. The Morgan fingerprint density at radius 1 is 0.885 bits per heavy atom. The third-order valence-electron chi connectivity index (χ3n) is 5.43. The third kappa shape index (κ3) is 3.53. The Labute approximate surface area is 156 Å². The van der Waals surface area contributed by atoms with Crippen LogP contribution in [0.1, 0.15) is 56.6 Å². The van der Waals surface area contributed by atoms with Gasteiger partial charge in [-0.25, -0.2) is 0 Å². The highest BCUT2D eigenvalue weighted by molar-refractivity contribution is 5.73. The van der Waals surface area contributed by atoms with Crippen LogP contribution < -0.4 is 14.2 Å². The summed E-state index contributed by atoms with van der Waals surface area (Å²) in [6, 6.07) is 10.7. The molecule has 0 aromatic heterocycles. The highest BCUT2D eigenvalue weighted by Crippen LogP contribution is 2.41. The maximum atomic E-state index is 6.17. The minimum absolute atomic E-state index is 0.321. The van der Waals surface area contributed by atoms with E-state index in [2.05, 4.69) is 31.2 Å². The van der Waals surface area contributed by atoms with Crippen molar-refractivity contribution in [1.82, 2.24) is 0 Å². The lowest BCUT2D eigenvalue weighted by Gasteiger charge is -2.23. The lowest BCUT2D eigenvalue weighted by atomic mass is 9.85. The molecule has 1 aliphatic heterocycles. The normalized spacial score (nSPS) is 15.0. The van der Waals surface area contributed by atoms with Gasteiger partial charge in [0.15, 0.2) is 11.5 Å². The topological polar surface area (TPSA) is 27.7 Å². The van der Waals surface area contributed by atoms with Crippen molar-refractivity contribution in [3.8, 4) is 28.4 Å². The Kier molecular flexibility index (Phi) is 5.33. The van der Waals surface area contributed by atoms with Crippen LogP contribution >= 0.6 is 0 Å². The fourth-order valence-electron chi connectivity index (χ4n) is 4.02. The van der Waals surface area contributed by atoms with Gasteiger partial charge in [0.05, 0.1) is 6.61 Å². The Hall–Kier alpha value is -2.16. The average molecular weight is 352 g/mol. The number of unbranched alkanes of at least 4 members (excludes halogenated alkanes) is 3. The van der Waals surface area contributed by atoms with E-state index in [4.69, 9.17) is 14.2 Å². The summed E-state index contributed by atoms with van der Waals surface area (Å²) in [5.41, 5.74) is 5.40. The van der Waals surface area contributed by atoms with Crippen LogP contribution in [0.3, 0.4) is 0 Å². The summed E-state index contributed by atoms with van der Waals surface area (Å²) in [4.78, 5) is 0. The number of hydrogen-bond acceptors (Lipinski definition) is 3. The monoisotopic (exact) mass is 352 g/mol. The molecule has 0 fully saturated rings. The SMILES string of the molecule is CCCCCCOc1ccc(-c2ccc3c(c2)OCO3)c2c1CCCC2. The van der Waals surface area contributed by atoms with Gasteiger partial charge in [-0.3, -0.25) is 0 Å². The molecule has 0 saturated carbocycles. The van der Waals surface area contributed by atoms with Crippen molar-refractivity contribution in [2.24, 2.45) is 0 Å². The quantitative estimate of drug-likeness (QED) is 0.579. The smallest absolute Gasteiger partial charge is 0.231 e. The van der Waals surface area contributed by atoms with Crippen LogP contribution in [0.15, 0.2) is 30.3 Å². The minimum Gasteiger partial charge on any atom is -0.493 e. The number of ether oxygens (including phenoxy) is 3. The molecule has 0 N–H and O–H groups in total. The predicted octanol–water partition coefficient (Wildman–Crippen LogP) is 5.92. The van der Waals surface area contributed by atoms with Gasteiger partial charge in [-0.15, -0.1) is 0 Å². The molecule has 0 saturated heterocycles. The maximum Gasteiger partial charge on any atom is 0.231 e. The number of rotatable bonds is 7. The van der Waals surface area contributed by atoms with Crippen LogP contribution in [0.4, 0.5) is 0 Å². The van der Waals surface area contributed by atoms with Crippen molar-refractivity contribution in [3.05, 3.63) is 41.5 Å². The van der Waals surface area contributed by atoms with Crippen LogP contribution in [-0.2, 0) is 12.8 Å². The fraction of sp³-hybridized carbons (Fsp3) is 0.478. The van der Waals surface area contributed by atoms with E-state index in [9.17, 15) is 0 Å². The van der Waals surface area contributed by atoms with E-state index >= 15 is 0 Å². The molecule has 0 bridgehead atoms. The second kappa shape index (κ2) is 8.03. The van der Waals surface area contributed by atoms with E-state index in [1.54, 1.807) is 0 Å². The molecule has 3 nitrogen and oxygen atoms in total. The second-order valence-corrected chi connectivity index (χ2v) is 7.25. The van der Waals surface area contributed by atoms with Gasteiger partial charge < -0.3 is 14.2 Å². The van der Waals surface area contributed by atoms with Crippen molar-refractivity contribution in [1.29, 1.82) is 0 Å². The minimum atomic E-state index is 0.321. The highest BCUT2D eigenvalue weighted by Gasteiger charge is 2.20. The highest BCUT2D eigenvalue weighted by atomic mass is 16.7. The van der Waals surface area contributed by atoms with Crippen LogP contribution in [-0.4, -0.2) is 13.4 Å².